The predicted molar refractivity (Wildman–Crippen MR) is 146 cm³/mol. The van der Waals surface area contributed by atoms with Gasteiger partial charge in [-0.1, -0.05) is 72.8 Å². The molecule has 9 heteroatoms. The summed E-state index contributed by atoms with van der Waals surface area (Å²) in [5.74, 6) is -0.600. The summed E-state index contributed by atoms with van der Waals surface area (Å²) in [7, 11) is -3.94. The van der Waals surface area contributed by atoms with Crippen LogP contribution in [0.15, 0.2) is 113 Å². The topological polar surface area (TPSA) is 136 Å². The number of carbonyl (C=O) groups excluding carboxylic acids is 1. The van der Waals surface area contributed by atoms with Gasteiger partial charge in [0, 0.05) is 0 Å². The normalized spacial score (nSPS) is 11.9. The zero-order valence-corrected chi connectivity index (χ0v) is 21.8. The van der Waals surface area contributed by atoms with E-state index in [2.05, 4.69) is 5.32 Å². The maximum absolute atomic E-state index is 13.3. The third-order valence-electron chi connectivity index (χ3n) is 6.22. The summed E-state index contributed by atoms with van der Waals surface area (Å²) in [6, 6.07) is 28.6. The van der Waals surface area contributed by atoms with E-state index in [-0.39, 0.29) is 27.7 Å². The van der Waals surface area contributed by atoms with Crippen LogP contribution in [-0.2, 0) is 22.9 Å². The number of hydrogen-bond donors (Lipinski definition) is 3. The molecule has 0 aliphatic rings. The van der Waals surface area contributed by atoms with Crippen LogP contribution < -0.4 is 15.8 Å². The largest absolute Gasteiger partial charge is 0.488 e. The van der Waals surface area contributed by atoms with Crippen molar-refractivity contribution in [1.29, 1.82) is 0 Å². The second-order valence-corrected chi connectivity index (χ2v) is 10.8. The summed E-state index contributed by atoms with van der Waals surface area (Å²) in [6.07, 6.45) is -0.0917. The van der Waals surface area contributed by atoms with Gasteiger partial charge in [0.25, 0.3) is 5.91 Å². The molecule has 39 heavy (non-hydrogen) atoms. The first kappa shape index (κ1) is 27.4. The molecule has 8 nitrogen and oxygen atoms in total. The second-order valence-electron chi connectivity index (χ2n) is 8.90. The Morgan fingerprint density at radius 1 is 0.821 bits per heavy atom. The van der Waals surface area contributed by atoms with Crippen LogP contribution in [-0.4, -0.2) is 25.5 Å². The van der Waals surface area contributed by atoms with Crippen molar-refractivity contribution in [3.63, 3.8) is 0 Å². The first-order valence-corrected chi connectivity index (χ1v) is 13.7. The van der Waals surface area contributed by atoms with Crippen LogP contribution in [0.2, 0.25) is 0 Å². The molecule has 4 rings (SSSR count). The maximum atomic E-state index is 13.3. The van der Waals surface area contributed by atoms with Gasteiger partial charge in [-0.25, -0.2) is 13.2 Å². The van der Waals surface area contributed by atoms with E-state index < -0.39 is 27.9 Å². The standard InChI is InChI=1S/C30H28N2O6S/c31-29(33)26-19-25(16-18-28(26)38-20-22-7-3-1-4-8-22)39(36,37)24-14-11-21(12-15-24)13-17-27(32-30(34)35)23-9-5-2-6-10-23/h1-12,14-16,18-19,27,32H,13,17,20H2,(H2,31,33)(H,34,35). The van der Waals surface area contributed by atoms with Crippen LogP contribution in [0.4, 0.5) is 4.79 Å². The molecule has 0 heterocycles. The number of nitrogens with two attached hydrogens (primary N) is 1. The molecule has 0 radical (unpaired) electrons. The average Bonchev–Trinajstić information content (AvgIpc) is 2.95. The lowest BCUT2D eigenvalue weighted by molar-refractivity contribution is 0.0995. The van der Waals surface area contributed by atoms with E-state index in [1.807, 2.05) is 60.7 Å². The van der Waals surface area contributed by atoms with Crippen molar-refractivity contribution in [1.82, 2.24) is 5.32 Å². The summed E-state index contributed by atoms with van der Waals surface area (Å²) in [5, 5.41) is 11.7. The van der Waals surface area contributed by atoms with E-state index in [9.17, 15) is 23.1 Å². The molecule has 0 spiro atoms. The number of nitrogens with one attached hydrogen (secondary N) is 1. The predicted octanol–water partition coefficient (Wildman–Crippen LogP) is 5.14. The van der Waals surface area contributed by atoms with Crippen molar-refractivity contribution >= 4 is 21.8 Å². The first-order chi connectivity index (χ1) is 18.7. The summed E-state index contributed by atoms with van der Waals surface area (Å²) in [5.41, 5.74) is 8.09. The lowest BCUT2D eigenvalue weighted by atomic mass is 9.99. The lowest BCUT2D eigenvalue weighted by Crippen LogP contribution is -2.27. The maximum Gasteiger partial charge on any atom is 0.405 e. The van der Waals surface area contributed by atoms with Gasteiger partial charge >= 0.3 is 6.09 Å². The molecule has 1 atom stereocenters. The SMILES string of the molecule is NC(=O)c1cc(S(=O)(=O)c2ccc(CCC(NC(=O)O)c3ccccc3)cc2)ccc1OCc1ccccc1. The Balaban J connectivity index is 1.49. The van der Waals surface area contributed by atoms with E-state index >= 15 is 0 Å². The average molecular weight is 545 g/mol. The molecule has 4 aromatic carbocycles. The van der Waals surface area contributed by atoms with E-state index in [4.69, 9.17) is 10.5 Å². The van der Waals surface area contributed by atoms with Gasteiger partial charge in [-0.3, -0.25) is 4.79 Å². The van der Waals surface area contributed by atoms with E-state index in [1.165, 1.54) is 30.3 Å². The molecule has 4 aromatic rings. The number of primary amides is 1. The fraction of sp³-hybridized carbons (Fsp3) is 0.133. The van der Waals surface area contributed by atoms with Gasteiger partial charge in [-0.15, -0.1) is 0 Å². The highest BCUT2D eigenvalue weighted by molar-refractivity contribution is 7.91. The Kier molecular flexibility index (Phi) is 8.63. The number of amides is 2. The number of benzene rings is 4. The quantitative estimate of drug-likeness (QED) is 0.239. The Hall–Kier alpha value is -4.63. The van der Waals surface area contributed by atoms with E-state index in [0.29, 0.717) is 12.8 Å². The van der Waals surface area contributed by atoms with Crippen LogP contribution in [0.25, 0.3) is 0 Å². The number of aryl methyl sites for hydroxylation is 1. The third-order valence-corrected chi connectivity index (χ3v) is 7.99. The minimum atomic E-state index is -3.94. The van der Waals surface area contributed by atoms with Crippen LogP contribution in [0, 0.1) is 0 Å². The van der Waals surface area contributed by atoms with Crippen molar-refractivity contribution in [3.8, 4) is 5.75 Å². The second kappa shape index (κ2) is 12.3. The Bertz CT molecular complexity index is 1540. The molecule has 0 aliphatic carbocycles. The number of carboxylic acid groups (broad SMARTS) is 1. The molecular formula is C30H28N2O6S. The molecule has 0 saturated carbocycles. The van der Waals surface area contributed by atoms with Gasteiger partial charge in [0.1, 0.15) is 12.4 Å². The molecular weight excluding hydrogens is 516 g/mol. The monoisotopic (exact) mass is 544 g/mol. The third kappa shape index (κ3) is 7.03. The van der Waals surface area contributed by atoms with Gasteiger partial charge in [0.15, 0.2) is 0 Å². The smallest absolute Gasteiger partial charge is 0.405 e. The highest BCUT2D eigenvalue weighted by Crippen LogP contribution is 2.28. The van der Waals surface area contributed by atoms with E-state index in [1.54, 1.807) is 12.1 Å². The number of carbonyl (C=O) groups is 2. The number of hydrogen-bond acceptors (Lipinski definition) is 5. The van der Waals surface area contributed by atoms with Crippen LogP contribution in [0.1, 0.15) is 39.5 Å². The van der Waals surface area contributed by atoms with Gasteiger partial charge in [-0.2, -0.15) is 0 Å². The molecule has 2 amide bonds. The lowest BCUT2D eigenvalue weighted by Gasteiger charge is -2.17. The minimum absolute atomic E-state index is 0.0264. The van der Waals surface area contributed by atoms with Crippen molar-refractivity contribution in [2.75, 3.05) is 0 Å². The Morgan fingerprint density at radius 3 is 2.05 bits per heavy atom. The molecule has 4 N–H and O–H groups in total. The molecule has 0 aliphatic heterocycles. The zero-order chi connectivity index (χ0) is 27.8. The fourth-order valence-electron chi connectivity index (χ4n) is 4.17. The molecule has 0 fully saturated rings. The van der Waals surface area contributed by atoms with Crippen LogP contribution in [0.5, 0.6) is 5.75 Å². The molecule has 0 saturated heterocycles. The summed E-state index contributed by atoms with van der Waals surface area (Å²) >= 11 is 0. The van der Waals surface area contributed by atoms with Gasteiger partial charge in [0.05, 0.1) is 21.4 Å². The Labute approximate surface area is 227 Å². The molecule has 0 bridgehead atoms. The molecule has 1 unspecified atom stereocenters. The van der Waals surface area contributed by atoms with Crippen LogP contribution in [0.3, 0.4) is 0 Å². The van der Waals surface area contributed by atoms with Gasteiger partial charge in [-0.05, 0) is 59.9 Å². The van der Waals surface area contributed by atoms with Crippen LogP contribution >= 0.6 is 0 Å². The van der Waals surface area contributed by atoms with Crippen molar-refractivity contribution in [2.45, 2.75) is 35.3 Å². The van der Waals surface area contributed by atoms with Gasteiger partial charge in [0.2, 0.25) is 9.84 Å². The number of ether oxygens (including phenoxy) is 1. The summed E-state index contributed by atoms with van der Waals surface area (Å²) in [4.78, 5) is 23.3. The highest BCUT2D eigenvalue weighted by atomic mass is 32.2. The first-order valence-electron chi connectivity index (χ1n) is 12.2. The van der Waals surface area contributed by atoms with Crippen molar-refractivity contribution in [2.24, 2.45) is 5.73 Å². The molecule has 0 aromatic heterocycles. The van der Waals surface area contributed by atoms with Crippen molar-refractivity contribution in [3.05, 3.63) is 125 Å². The zero-order valence-electron chi connectivity index (χ0n) is 21.0. The summed E-state index contributed by atoms with van der Waals surface area (Å²) < 4.78 is 32.4. The Morgan fingerprint density at radius 2 is 1.44 bits per heavy atom. The summed E-state index contributed by atoms with van der Waals surface area (Å²) in [6.45, 7) is 0.196. The fourth-order valence-corrected chi connectivity index (χ4v) is 5.46. The minimum Gasteiger partial charge on any atom is -0.488 e. The highest BCUT2D eigenvalue weighted by Gasteiger charge is 2.22. The number of rotatable bonds is 11. The molecule has 200 valence electrons. The number of sulfone groups is 1. The van der Waals surface area contributed by atoms with Crippen molar-refractivity contribution < 1.29 is 27.9 Å². The van der Waals surface area contributed by atoms with Gasteiger partial charge < -0.3 is 20.9 Å². The van der Waals surface area contributed by atoms with E-state index in [0.717, 1.165) is 16.7 Å².